The van der Waals surface area contributed by atoms with Gasteiger partial charge in [0.05, 0.1) is 5.56 Å². The highest BCUT2D eigenvalue weighted by Crippen LogP contribution is 2.15. The van der Waals surface area contributed by atoms with Crippen molar-refractivity contribution in [3.05, 3.63) is 34.2 Å². The maximum absolute atomic E-state index is 11.7. The monoisotopic (exact) mass is 251 g/mol. The van der Waals surface area contributed by atoms with E-state index in [1.165, 1.54) is 22.9 Å². The number of carboxylic acids is 1. The summed E-state index contributed by atoms with van der Waals surface area (Å²) in [6.07, 6.45) is 4.49. The Labute approximate surface area is 107 Å². The number of carboxylic acid groups (broad SMARTS) is 1. The molecule has 1 aromatic rings. The van der Waals surface area contributed by atoms with Gasteiger partial charge >= 0.3 is 5.97 Å². The van der Waals surface area contributed by atoms with Gasteiger partial charge < -0.3 is 9.67 Å². The Hall–Kier alpha value is -1.58. The summed E-state index contributed by atoms with van der Waals surface area (Å²) in [6.45, 7) is 6.29. The number of hydrogen-bond donors (Lipinski definition) is 1. The van der Waals surface area contributed by atoms with Crippen LogP contribution in [0.2, 0.25) is 0 Å². The van der Waals surface area contributed by atoms with Crippen molar-refractivity contribution in [3.63, 3.8) is 0 Å². The van der Waals surface area contributed by atoms with Gasteiger partial charge in [-0.3, -0.25) is 4.79 Å². The van der Waals surface area contributed by atoms with E-state index in [0.29, 0.717) is 5.92 Å². The summed E-state index contributed by atoms with van der Waals surface area (Å²) in [5, 5.41) is 8.92. The molecule has 1 heterocycles. The molecule has 0 bridgehead atoms. The molecule has 18 heavy (non-hydrogen) atoms. The van der Waals surface area contributed by atoms with Crippen molar-refractivity contribution in [3.8, 4) is 0 Å². The standard InChI is InChI=1S/C14H21NO3/c1-10(2)5-4-6-11(3)15-9-12(14(17)18)7-8-13(15)16/h7-11H,4-6H2,1-3H3,(H,17,18). The van der Waals surface area contributed by atoms with E-state index in [9.17, 15) is 9.59 Å². The summed E-state index contributed by atoms with van der Waals surface area (Å²) in [4.78, 5) is 22.6. The normalized spacial score (nSPS) is 12.7. The van der Waals surface area contributed by atoms with Crippen LogP contribution >= 0.6 is 0 Å². The van der Waals surface area contributed by atoms with Crippen LogP contribution in [0, 0.1) is 5.92 Å². The third-order valence-corrected chi connectivity index (χ3v) is 3.06. The number of aromatic carboxylic acids is 1. The predicted molar refractivity (Wildman–Crippen MR) is 71.1 cm³/mol. The smallest absolute Gasteiger partial charge is 0.337 e. The van der Waals surface area contributed by atoms with Gasteiger partial charge in [0.1, 0.15) is 0 Å². The molecule has 4 nitrogen and oxygen atoms in total. The highest BCUT2D eigenvalue weighted by Gasteiger charge is 2.10. The van der Waals surface area contributed by atoms with Crippen LogP contribution < -0.4 is 5.56 Å². The first kappa shape index (κ1) is 14.5. The molecule has 1 aromatic heterocycles. The van der Waals surface area contributed by atoms with Crippen molar-refractivity contribution < 1.29 is 9.90 Å². The zero-order chi connectivity index (χ0) is 13.7. The number of carbonyl (C=O) groups is 1. The Kier molecular flexibility index (Phi) is 5.13. The van der Waals surface area contributed by atoms with E-state index in [1.54, 1.807) is 0 Å². The van der Waals surface area contributed by atoms with Crippen LogP contribution in [0.15, 0.2) is 23.1 Å². The summed E-state index contributed by atoms with van der Waals surface area (Å²) < 4.78 is 1.52. The van der Waals surface area contributed by atoms with Crippen molar-refractivity contribution in [2.45, 2.75) is 46.1 Å². The average molecular weight is 251 g/mol. The zero-order valence-corrected chi connectivity index (χ0v) is 11.2. The highest BCUT2D eigenvalue weighted by atomic mass is 16.4. The SMILES string of the molecule is CC(C)CCCC(C)n1cc(C(=O)O)ccc1=O. The van der Waals surface area contributed by atoms with Crippen molar-refractivity contribution in [1.29, 1.82) is 0 Å². The van der Waals surface area contributed by atoms with Crippen molar-refractivity contribution in [1.82, 2.24) is 4.57 Å². The van der Waals surface area contributed by atoms with Crippen LogP contribution in [0.4, 0.5) is 0 Å². The Balaban J connectivity index is 2.78. The summed E-state index contributed by atoms with van der Waals surface area (Å²) in [5.74, 6) is -0.350. The molecule has 0 fully saturated rings. The summed E-state index contributed by atoms with van der Waals surface area (Å²) in [7, 11) is 0. The minimum Gasteiger partial charge on any atom is -0.478 e. The molecular formula is C14H21NO3. The summed E-state index contributed by atoms with van der Waals surface area (Å²) in [6, 6.07) is 2.71. The Morgan fingerprint density at radius 3 is 2.50 bits per heavy atom. The molecule has 1 unspecified atom stereocenters. The van der Waals surface area contributed by atoms with Crippen LogP contribution in [-0.4, -0.2) is 15.6 Å². The zero-order valence-electron chi connectivity index (χ0n) is 11.2. The lowest BCUT2D eigenvalue weighted by Crippen LogP contribution is -2.23. The number of pyridine rings is 1. The number of rotatable bonds is 6. The van der Waals surface area contributed by atoms with Crippen LogP contribution in [-0.2, 0) is 0 Å². The molecule has 1 atom stereocenters. The quantitative estimate of drug-likeness (QED) is 0.845. The molecule has 0 radical (unpaired) electrons. The summed E-state index contributed by atoms with van der Waals surface area (Å²) in [5.41, 5.74) is 0.0161. The fourth-order valence-corrected chi connectivity index (χ4v) is 1.94. The van der Waals surface area contributed by atoms with E-state index in [1.807, 2.05) is 6.92 Å². The molecule has 0 saturated heterocycles. The van der Waals surface area contributed by atoms with Crippen LogP contribution in [0.5, 0.6) is 0 Å². The molecule has 0 aliphatic rings. The van der Waals surface area contributed by atoms with Crippen LogP contribution in [0.1, 0.15) is 56.4 Å². The lowest BCUT2D eigenvalue weighted by Gasteiger charge is -2.16. The first-order valence-electron chi connectivity index (χ1n) is 6.37. The second-order valence-electron chi connectivity index (χ2n) is 5.14. The third-order valence-electron chi connectivity index (χ3n) is 3.06. The number of hydrogen-bond acceptors (Lipinski definition) is 2. The molecule has 100 valence electrons. The first-order chi connectivity index (χ1) is 8.41. The van der Waals surface area contributed by atoms with Crippen LogP contribution in [0.3, 0.4) is 0 Å². The minimum absolute atomic E-state index is 0.0375. The predicted octanol–water partition coefficient (Wildman–Crippen LogP) is 2.93. The third kappa shape index (κ3) is 4.02. The molecule has 0 amide bonds. The van der Waals surface area contributed by atoms with Gasteiger partial charge in [0.25, 0.3) is 5.56 Å². The van der Waals surface area contributed by atoms with Gasteiger partial charge in [0.2, 0.25) is 0 Å². The van der Waals surface area contributed by atoms with Gasteiger partial charge in [0, 0.05) is 18.3 Å². The van der Waals surface area contributed by atoms with Gasteiger partial charge in [-0.2, -0.15) is 0 Å². The fourth-order valence-electron chi connectivity index (χ4n) is 1.94. The van der Waals surface area contributed by atoms with E-state index in [4.69, 9.17) is 5.11 Å². The van der Waals surface area contributed by atoms with E-state index < -0.39 is 5.97 Å². The molecule has 0 aliphatic heterocycles. The molecule has 4 heteroatoms. The molecule has 1 rings (SSSR count). The van der Waals surface area contributed by atoms with E-state index in [2.05, 4.69) is 13.8 Å². The first-order valence-corrected chi connectivity index (χ1v) is 6.37. The van der Waals surface area contributed by atoms with E-state index >= 15 is 0 Å². The van der Waals surface area contributed by atoms with E-state index in [0.717, 1.165) is 19.3 Å². The molecule has 1 N–H and O–H groups in total. The number of nitrogens with zero attached hydrogens (tertiary/aromatic N) is 1. The second kappa shape index (κ2) is 6.38. The Morgan fingerprint density at radius 2 is 1.94 bits per heavy atom. The fraction of sp³-hybridized carbons (Fsp3) is 0.571. The highest BCUT2D eigenvalue weighted by molar-refractivity contribution is 5.87. The van der Waals surface area contributed by atoms with Gasteiger partial charge in [-0.05, 0) is 25.3 Å². The Morgan fingerprint density at radius 1 is 1.28 bits per heavy atom. The maximum atomic E-state index is 11.7. The maximum Gasteiger partial charge on any atom is 0.337 e. The molecular weight excluding hydrogens is 230 g/mol. The van der Waals surface area contributed by atoms with Crippen molar-refractivity contribution in [2.24, 2.45) is 5.92 Å². The molecule has 0 aliphatic carbocycles. The van der Waals surface area contributed by atoms with Crippen molar-refractivity contribution >= 4 is 5.97 Å². The second-order valence-corrected chi connectivity index (χ2v) is 5.14. The largest absolute Gasteiger partial charge is 0.478 e. The topological polar surface area (TPSA) is 59.3 Å². The van der Waals surface area contributed by atoms with Gasteiger partial charge in [-0.25, -0.2) is 4.79 Å². The van der Waals surface area contributed by atoms with Gasteiger partial charge in [-0.1, -0.05) is 26.7 Å². The molecule has 0 aromatic carbocycles. The number of aromatic nitrogens is 1. The lowest BCUT2D eigenvalue weighted by molar-refractivity contribution is 0.0695. The minimum atomic E-state index is -1.00. The average Bonchev–Trinajstić information content (AvgIpc) is 2.28. The Bertz CT molecular complexity index is 462. The molecule has 0 spiro atoms. The van der Waals surface area contributed by atoms with Crippen molar-refractivity contribution in [2.75, 3.05) is 0 Å². The molecule has 0 saturated carbocycles. The summed E-state index contributed by atoms with van der Waals surface area (Å²) >= 11 is 0. The lowest BCUT2D eigenvalue weighted by atomic mass is 10.0. The van der Waals surface area contributed by atoms with Gasteiger partial charge in [-0.15, -0.1) is 0 Å². The van der Waals surface area contributed by atoms with Crippen LogP contribution in [0.25, 0.3) is 0 Å². The van der Waals surface area contributed by atoms with Gasteiger partial charge in [0.15, 0.2) is 0 Å². The van der Waals surface area contributed by atoms with E-state index in [-0.39, 0.29) is 17.2 Å².